The molecule has 1 unspecified atom stereocenters. The molecule has 0 aliphatic carbocycles. The predicted octanol–water partition coefficient (Wildman–Crippen LogP) is 2.83. The molecule has 0 bridgehead atoms. The van der Waals surface area contributed by atoms with E-state index in [9.17, 15) is 13.2 Å². The lowest BCUT2D eigenvalue weighted by Crippen LogP contribution is -2.35. The number of rotatable bonds is 8. The molecule has 1 aromatic rings. The summed E-state index contributed by atoms with van der Waals surface area (Å²) in [6, 6.07) is 4.19. The molecule has 152 valence electrons. The Bertz CT molecular complexity index is 753. The minimum absolute atomic E-state index is 0.0567. The van der Waals surface area contributed by atoms with Gasteiger partial charge in [-0.2, -0.15) is 0 Å². The predicted molar refractivity (Wildman–Crippen MR) is 109 cm³/mol. The van der Waals surface area contributed by atoms with Gasteiger partial charge in [-0.15, -0.1) is 0 Å². The van der Waals surface area contributed by atoms with Crippen molar-refractivity contribution in [2.75, 3.05) is 40.3 Å². The van der Waals surface area contributed by atoms with E-state index in [1.165, 1.54) is 51.7 Å². The number of sulfonamides is 1. The number of halogens is 1. The Balaban J connectivity index is 1.85. The Labute approximate surface area is 167 Å². The van der Waals surface area contributed by atoms with Gasteiger partial charge < -0.3 is 10.2 Å². The van der Waals surface area contributed by atoms with Crippen molar-refractivity contribution in [2.45, 2.75) is 37.5 Å². The molecule has 1 heterocycles. The van der Waals surface area contributed by atoms with Gasteiger partial charge in [0.1, 0.15) is 0 Å². The first-order valence-corrected chi connectivity index (χ1v) is 11.3. The molecule has 1 N–H and O–H groups in total. The van der Waals surface area contributed by atoms with Gasteiger partial charge in [0.15, 0.2) is 0 Å². The summed E-state index contributed by atoms with van der Waals surface area (Å²) in [5, 5.41) is 3.09. The minimum atomic E-state index is -3.61. The largest absolute Gasteiger partial charge is 0.352 e. The minimum Gasteiger partial charge on any atom is -0.352 e. The van der Waals surface area contributed by atoms with E-state index in [2.05, 4.69) is 17.1 Å². The summed E-state index contributed by atoms with van der Waals surface area (Å²) in [4.78, 5) is 15.0. The van der Waals surface area contributed by atoms with Crippen LogP contribution in [0.15, 0.2) is 23.1 Å². The van der Waals surface area contributed by atoms with Crippen LogP contribution in [0.2, 0.25) is 5.02 Å². The Morgan fingerprint density at radius 2 is 2.07 bits per heavy atom. The molecule has 0 radical (unpaired) electrons. The SMILES string of the molecule is CC1CCCN(CCCCNC(=O)c2cc(S(=O)(=O)N(C)C)ccc2Cl)C1. The normalized spacial score (nSPS) is 18.6. The van der Waals surface area contributed by atoms with Gasteiger partial charge in [-0.25, -0.2) is 12.7 Å². The van der Waals surface area contributed by atoms with Crippen LogP contribution in [0.4, 0.5) is 0 Å². The maximum Gasteiger partial charge on any atom is 0.252 e. The lowest BCUT2D eigenvalue weighted by molar-refractivity contribution is 0.0952. The average Bonchev–Trinajstić information content (AvgIpc) is 2.61. The van der Waals surface area contributed by atoms with Crippen molar-refractivity contribution in [3.05, 3.63) is 28.8 Å². The maximum absolute atomic E-state index is 12.4. The Morgan fingerprint density at radius 3 is 2.74 bits per heavy atom. The highest BCUT2D eigenvalue weighted by Crippen LogP contribution is 2.22. The summed E-state index contributed by atoms with van der Waals surface area (Å²) in [5.74, 6) is 0.425. The van der Waals surface area contributed by atoms with Crippen LogP contribution in [0.3, 0.4) is 0 Å². The van der Waals surface area contributed by atoms with Gasteiger partial charge in [0.2, 0.25) is 10.0 Å². The van der Waals surface area contributed by atoms with Crippen molar-refractivity contribution in [2.24, 2.45) is 5.92 Å². The van der Waals surface area contributed by atoms with Crippen LogP contribution >= 0.6 is 11.6 Å². The molecule has 8 heteroatoms. The molecule has 0 spiro atoms. The van der Waals surface area contributed by atoms with Crippen molar-refractivity contribution in [3.63, 3.8) is 0 Å². The Kier molecular flexibility index (Phi) is 8.09. The Hall–Kier alpha value is -1.15. The fourth-order valence-electron chi connectivity index (χ4n) is 3.30. The standard InChI is InChI=1S/C19H30ClN3O3S/c1-15-7-6-12-23(14-15)11-5-4-10-21-19(24)17-13-16(8-9-18(17)20)27(25,26)22(2)3/h8-9,13,15H,4-7,10-12,14H2,1-3H3,(H,21,24). The first kappa shape index (κ1) is 22.1. The van der Waals surface area contributed by atoms with E-state index in [1.807, 2.05) is 0 Å². The maximum atomic E-state index is 12.4. The van der Waals surface area contributed by atoms with Gasteiger partial charge in [0.05, 0.1) is 15.5 Å². The van der Waals surface area contributed by atoms with Crippen LogP contribution in [0.5, 0.6) is 0 Å². The first-order valence-electron chi connectivity index (χ1n) is 9.44. The number of carbonyl (C=O) groups excluding carboxylic acids is 1. The number of nitrogens with zero attached hydrogens (tertiary/aromatic N) is 2. The molecule has 27 heavy (non-hydrogen) atoms. The van der Waals surface area contributed by atoms with Crippen LogP contribution in [-0.4, -0.2) is 63.8 Å². The van der Waals surface area contributed by atoms with Crippen LogP contribution in [0.1, 0.15) is 43.0 Å². The number of likely N-dealkylation sites (tertiary alicyclic amines) is 1. The average molecular weight is 416 g/mol. The summed E-state index contributed by atoms with van der Waals surface area (Å²) in [7, 11) is -0.704. The third kappa shape index (κ3) is 6.17. The van der Waals surface area contributed by atoms with E-state index in [1.54, 1.807) is 0 Å². The molecule has 1 amide bonds. The van der Waals surface area contributed by atoms with E-state index >= 15 is 0 Å². The highest BCUT2D eigenvalue weighted by atomic mass is 35.5. The third-order valence-corrected chi connectivity index (χ3v) is 7.03. The van der Waals surface area contributed by atoms with Gasteiger partial charge in [0.25, 0.3) is 5.91 Å². The first-order chi connectivity index (χ1) is 12.7. The van der Waals surface area contributed by atoms with Crippen molar-refractivity contribution in [1.82, 2.24) is 14.5 Å². The lowest BCUT2D eigenvalue weighted by Gasteiger charge is -2.30. The number of carbonyl (C=O) groups is 1. The molecule has 1 aliphatic heterocycles. The summed E-state index contributed by atoms with van der Waals surface area (Å²) in [6.07, 6.45) is 4.48. The van der Waals surface area contributed by atoms with Gasteiger partial charge >= 0.3 is 0 Å². The zero-order chi connectivity index (χ0) is 20.0. The number of hydrogen-bond acceptors (Lipinski definition) is 4. The van der Waals surface area contributed by atoms with Gasteiger partial charge in [-0.05, 0) is 62.9 Å². The van der Waals surface area contributed by atoms with Crippen molar-refractivity contribution >= 4 is 27.5 Å². The van der Waals surface area contributed by atoms with Crippen LogP contribution in [0.25, 0.3) is 0 Å². The zero-order valence-electron chi connectivity index (χ0n) is 16.4. The molecule has 1 fully saturated rings. The number of piperidine rings is 1. The fraction of sp³-hybridized carbons (Fsp3) is 0.632. The molecule has 2 rings (SSSR count). The van der Waals surface area contributed by atoms with Crippen molar-refractivity contribution in [1.29, 1.82) is 0 Å². The molecule has 1 atom stereocenters. The van der Waals surface area contributed by atoms with Crippen LogP contribution < -0.4 is 5.32 Å². The second kappa shape index (κ2) is 9.87. The van der Waals surface area contributed by atoms with E-state index in [-0.39, 0.29) is 21.4 Å². The number of benzene rings is 1. The molecule has 6 nitrogen and oxygen atoms in total. The summed E-state index contributed by atoms with van der Waals surface area (Å²) in [6.45, 7) is 6.22. The molecule has 1 saturated heterocycles. The monoisotopic (exact) mass is 415 g/mol. The molecule has 0 saturated carbocycles. The number of nitrogens with one attached hydrogen (secondary N) is 1. The molecular weight excluding hydrogens is 386 g/mol. The lowest BCUT2D eigenvalue weighted by atomic mass is 10.0. The summed E-state index contributed by atoms with van der Waals surface area (Å²) < 4.78 is 25.6. The van der Waals surface area contributed by atoms with E-state index in [4.69, 9.17) is 11.6 Å². The van der Waals surface area contributed by atoms with E-state index in [0.29, 0.717) is 6.54 Å². The number of hydrogen-bond donors (Lipinski definition) is 1. The quantitative estimate of drug-likeness (QED) is 0.663. The second-order valence-corrected chi connectivity index (χ2v) is 10.00. The smallest absolute Gasteiger partial charge is 0.252 e. The topological polar surface area (TPSA) is 69.7 Å². The van der Waals surface area contributed by atoms with Crippen molar-refractivity contribution < 1.29 is 13.2 Å². The van der Waals surface area contributed by atoms with Crippen LogP contribution in [0, 0.1) is 5.92 Å². The molecule has 1 aromatic carbocycles. The van der Waals surface area contributed by atoms with Gasteiger partial charge in [-0.3, -0.25) is 4.79 Å². The number of amides is 1. The third-order valence-electron chi connectivity index (χ3n) is 4.89. The zero-order valence-corrected chi connectivity index (χ0v) is 17.9. The summed E-state index contributed by atoms with van der Waals surface area (Å²) >= 11 is 6.10. The van der Waals surface area contributed by atoms with Gasteiger partial charge in [0, 0.05) is 27.2 Å². The van der Waals surface area contributed by atoms with Crippen molar-refractivity contribution in [3.8, 4) is 0 Å². The highest BCUT2D eigenvalue weighted by molar-refractivity contribution is 7.89. The van der Waals surface area contributed by atoms with E-state index in [0.717, 1.165) is 36.2 Å². The van der Waals surface area contributed by atoms with E-state index < -0.39 is 10.0 Å². The highest BCUT2D eigenvalue weighted by Gasteiger charge is 2.20. The number of unbranched alkanes of at least 4 members (excludes halogenated alkanes) is 1. The summed E-state index contributed by atoms with van der Waals surface area (Å²) in [5.41, 5.74) is 0.185. The molecule has 1 aliphatic rings. The molecule has 0 aromatic heterocycles. The van der Waals surface area contributed by atoms with Gasteiger partial charge in [-0.1, -0.05) is 18.5 Å². The van der Waals surface area contributed by atoms with Crippen LogP contribution in [-0.2, 0) is 10.0 Å². The second-order valence-electron chi connectivity index (χ2n) is 7.44. The fourth-order valence-corrected chi connectivity index (χ4v) is 4.43. The molecular formula is C19H30ClN3O3S. The Morgan fingerprint density at radius 1 is 1.33 bits per heavy atom.